The number of hydrogen-bond acceptors (Lipinski definition) is 13. The highest BCUT2D eigenvalue weighted by atomic mass is 35.5. The van der Waals surface area contributed by atoms with Gasteiger partial charge in [0.15, 0.2) is 0 Å². The first kappa shape index (κ1) is 74.0. The van der Waals surface area contributed by atoms with Crippen LogP contribution >= 0.6 is 46.4 Å². The summed E-state index contributed by atoms with van der Waals surface area (Å²) in [6.07, 6.45) is -8.14. The van der Waals surface area contributed by atoms with Gasteiger partial charge in [0.1, 0.15) is 34.7 Å². The lowest BCUT2D eigenvalue weighted by molar-refractivity contribution is -0.275. The van der Waals surface area contributed by atoms with Crippen LogP contribution in [0, 0.1) is 0 Å². The van der Waals surface area contributed by atoms with E-state index in [-0.39, 0.29) is 67.8 Å². The number of aromatic nitrogens is 4. The van der Waals surface area contributed by atoms with Gasteiger partial charge in [-0.1, -0.05) is 102 Å². The number of anilines is 2. The van der Waals surface area contributed by atoms with Gasteiger partial charge in [-0.05, 0) is 175 Å². The molecule has 516 valence electrons. The smallest absolute Gasteiger partial charge is 0.406 e. The van der Waals surface area contributed by atoms with Gasteiger partial charge in [0.25, 0.3) is 0 Å². The van der Waals surface area contributed by atoms with E-state index < -0.39 is 12.7 Å². The monoisotopic (exact) mass is 1430 g/mol. The number of nitrogens with one attached hydrogen (secondary N) is 2. The average Bonchev–Trinajstić information content (AvgIpc) is 1.62. The van der Waals surface area contributed by atoms with Crippen LogP contribution in [0.3, 0.4) is 0 Å². The number of rotatable bonds is 30. The van der Waals surface area contributed by atoms with Crippen molar-refractivity contribution >= 4 is 91.4 Å². The zero-order chi connectivity index (χ0) is 70.3. The zero-order valence-electron chi connectivity index (χ0n) is 53.7. The summed E-state index contributed by atoms with van der Waals surface area (Å²) in [6, 6.07) is 48.8. The van der Waals surface area contributed by atoms with E-state index in [1.54, 1.807) is 55.5 Å². The molecule has 2 unspecified atom stereocenters. The standard InChI is InChI=1S/C37H37Cl2F3N4O3.C36H35Cl2F3N4O4/c1-3-16-45(17-18-47)29-10-7-27(8-11-29)36-44-34-21-28(33(19-24(2)48)43-22-26-6-14-31(38)32(39)20-26)9-15-35(34)46(36)23-25-4-12-30(13-5-25)49-37(40,41)42;1-23(48)18-32(42-21-25-4-12-30(37)31(38)19-25)27-7-13-34-33(20-27)43-35(26-5-8-28(9-6-26)44(14-16-46)15-17-47)45(34)22-24-2-10-29(11-3-24)49-36(39,40)41/h4-15,20-21,33,43,47H,3,16-19,22-23H2,1-2H3;2-13,19-20,32,42,46-47H,14-18,21-22H2,1H3. The molecule has 25 heteroatoms. The van der Waals surface area contributed by atoms with Crippen molar-refractivity contribution in [2.24, 2.45) is 0 Å². The van der Waals surface area contributed by atoms with Crippen molar-refractivity contribution in [3.63, 3.8) is 0 Å². The summed E-state index contributed by atoms with van der Waals surface area (Å²) in [4.78, 5) is 38.7. The highest BCUT2D eigenvalue weighted by Gasteiger charge is 2.32. The lowest BCUT2D eigenvalue weighted by Crippen LogP contribution is -2.29. The fourth-order valence-electron chi connectivity index (χ4n) is 11.4. The molecule has 0 aliphatic carbocycles. The van der Waals surface area contributed by atoms with Gasteiger partial charge in [-0.2, -0.15) is 0 Å². The van der Waals surface area contributed by atoms with Gasteiger partial charge in [-0.15, -0.1) is 26.3 Å². The Labute approximate surface area is 583 Å². The molecular formula is C73H72Cl4F6N8O7. The minimum Gasteiger partial charge on any atom is -0.406 e. The summed E-state index contributed by atoms with van der Waals surface area (Å²) in [7, 11) is 0. The predicted octanol–water partition coefficient (Wildman–Crippen LogP) is 16.5. The second-order valence-corrected chi connectivity index (χ2v) is 25.0. The summed E-state index contributed by atoms with van der Waals surface area (Å²) >= 11 is 24.6. The molecule has 2 aromatic heterocycles. The summed E-state index contributed by atoms with van der Waals surface area (Å²) in [5.41, 5.74) is 11.4. The van der Waals surface area contributed by atoms with Crippen LogP contribution in [0.5, 0.6) is 11.5 Å². The van der Waals surface area contributed by atoms with Crippen molar-refractivity contribution in [1.29, 1.82) is 0 Å². The van der Waals surface area contributed by atoms with E-state index >= 15 is 0 Å². The first-order chi connectivity index (χ1) is 46.9. The number of Topliss-reactive ketones (excluding diaryl/α,β-unsaturated/α-hetero) is 2. The van der Waals surface area contributed by atoms with Crippen LogP contribution < -0.4 is 29.9 Å². The Balaban J connectivity index is 0.000000229. The molecule has 0 saturated carbocycles. The molecule has 0 bridgehead atoms. The molecule has 0 amide bonds. The lowest BCUT2D eigenvalue weighted by Gasteiger charge is -2.23. The molecule has 8 aromatic carbocycles. The summed E-state index contributed by atoms with van der Waals surface area (Å²) < 4.78 is 88.7. The molecule has 0 spiro atoms. The number of fused-ring (bicyclic) bond motifs is 2. The van der Waals surface area contributed by atoms with Crippen LogP contribution in [0.4, 0.5) is 37.7 Å². The second-order valence-electron chi connectivity index (χ2n) is 23.3. The number of carbonyl (C=O) groups excluding carboxylic acids is 2. The molecule has 2 atom stereocenters. The molecule has 0 aliphatic rings. The number of nitrogens with zero attached hydrogens (tertiary/aromatic N) is 6. The number of hydrogen-bond donors (Lipinski definition) is 5. The molecule has 10 aromatic rings. The van der Waals surface area contributed by atoms with E-state index in [0.29, 0.717) is 88.6 Å². The van der Waals surface area contributed by atoms with E-state index in [4.69, 9.17) is 56.4 Å². The van der Waals surface area contributed by atoms with E-state index in [1.807, 2.05) is 111 Å². The van der Waals surface area contributed by atoms with Crippen LogP contribution in [-0.2, 0) is 35.8 Å². The molecule has 98 heavy (non-hydrogen) atoms. The van der Waals surface area contributed by atoms with Crippen LogP contribution in [0.1, 0.15) is 85.5 Å². The molecular weight excluding hydrogens is 1360 g/mol. The fourth-order valence-corrected chi connectivity index (χ4v) is 12.1. The summed E-state index contributed by atoms with van der Waals surface area (Å²) in [5.74, 6) is 0.716. The second kappa shape index (κ2) is 34.0. The molecule has 0 radical (unpaired) electrons. The van der Waals surface area contributed by atoms with E-state index in [9.17, 15) is 51.3 Å². The van der Waals surface area contributed by atoms with Gasteiger partial charge in [0.2, 0.25) is 0 Å². The normalized spacial score (nSPS) is 12.3. The topological polar surface area (TPSA) is 179 Å². The number of ether oxygens (including phenoxy) is 2. The molecule has 5 N–H and O–H groups in total. The number of alkyl halides is 6. The number of halogens is 10. The molecule has 0 fully saturated rings. The van der Waals surface area contributed by atoms with Gasteiger partial charge < -0.3 is 54.4 Å². The zero-order valence-corrected chi connectivity index (χ0v) is 56.7. The van der Waals surface area contributed by atoms with Gasteiger partial charge >= 0.3 is 12.7 Å². The van der Waals surface area contributed by atoms with E-state index in [1.165, 1.54) is 31.2 Å². The Hall–Kier alpha value is -8.22. The van der Waals surface area contributed by atoms with Crippen LogP contribution in [0.25, 0.3) is 44.8 Å². The minimum absolute atomic E-state index is 0.00688. The highest BCUT2D eigenvalue weighted by Crippen LogP contribution is 2.35. The number of imidazole rings is 2. The number of benzene rings is 8. The van der Waals surface area contributed by atoms with Crippen LogP contribution in [-0.4, -0.2) is 105 Å². The third-order valence-electron chi connectivity index (χ3n) is 16.0. The molecule has 15 nitrogen and oxygen atoms in total. The van der Waals surface area contributed by atoms with Crippen molar-refractivity contribution in [3.8, 4) is 34.3 Å². The maximum atomic E-state index is 12.8. The maximum absolute atomic E-state index is 12.8. The minimum atomic E-state index is -4.79. The Morgan fingerprint density at radius 3 is 1.16 bits per heavy atom. The van der Waals surface area contributed by atoms with Gasteiger partial charge in [-0.25, -0.2) is 9.97 Å². The largest absolute Gasteiger partial charge is 0.573 e. The van der Waals surface area contributed by atoms with Gasteiger partial charge in [0.05, 0.1) is 62.0 Å². The van der Waals surface area contributed by atoms with Gasteiger partial charge in [-0.3, -0.25) is 9.59 Å². The Morgan fingerprint density at radius 2 is 0.837 bits per heavy atom. The van der Waals surface area contributed by atoms with Crippen LogP contribution in [0.2, 0.25) is 20.1 Å². The van der Waals surface area contributed by atoms with Gasteiger partial charge in [0, 0.05) is 99.8 Å². The Bertz CT molecular complexity index is 4030. The molecule has 2 heterocycles. The van der Waals surface area contributed by atoms with Crippen molar-refractivity contribution < 1.29 is 60.7 Å². The maximum Gasteiger partial charge on any atom is 0.573 e. The SMILES string of the molecule is CC(=O)CC(NCc1ccc(Cl)c(Cl)c1)c1ccc2c(c1)nc(-c1ccc(N(CCO)CCO)cc1)n2Cc1ccc(OC(F)(F)F)cc1.CCCN(CCO)c1ccc(-c2nc3cc(C(CC(C)=O)NCc4ccc(Cl)c(Cl)c4)ccc3n2Cc2ccc(OC(F)(F)F)cc2)cc1. The highest BCUT2D eigenvalue weighted by molar-refractivity contribution is 6.42. The Morgan fingerprint density at radius 1 is 0.480 bits per heavy atom. The van der Waals surface area contributed by atoms with E-state index in [2.05, 4.69) is 31.9 Å². The van der Waals surface area contributed by atoms with Crippen LogP contribution in [0.15, 0.2) is 170 Å². The van der Waals surface area contributed by atoms with E-state index in [0.717, 1.165) is 79.9 Å². The summed E-state index contributed by atoms with van der Waals surface area (Å²) in [6.45, 7) is 8.64. The third-order valence-corrected chi connectivity index (χ3v) is 17.5. The van der Waals surface area contributed by atoms with Crippen molar-refractivity contribution in [2.45, 2.75) is 91.0 Å². The first-order valence-electron chi connectivity index (χ1n) is 31.4. The third kappa shape index (κ3) is 20.5. The van der Waals surface area contributed by atoms with Crippen molar-refractivity contribution in [3.05, 3.63) is 223 Å². The average molecular weight is 1430 g/mol. The lowest BCUT2D eigenvalue weighted by atomic mass is 10.0. The first-order valence-corrected chi connectivity index (χ1v) is 33.0. The predicted molar refractivity (Wildman–Crippen MR) is 373 cm³/mol. The molecule has 10 rings (SSSR count). The molecule has 0 saturated heterocycles. The number of ketones is 2. The van der Waals surface area contributed by atoms with Crippen molar-refractivity contribution in [2.75, 3.05) is 55.8 Å². The fraction of sp³-hybridized carbons (Fsp3) is 0.288. The molecule has 0 aliphatic heterocycles. The summed E-state index contributed by atoms with van der Waals surface area (Å²) in [5, 5.41) is 37.2. The number of carbonyl (C=O) groups is 2. The van der Waals surface area contributed by atoms with Crippen molar-refractivity contribution in [1.82, 2.24) is 29.7 Å². The number of aliphatic hydroxyl groups is 3. The number of aliphatic hydroxyl groups excluding tert-OH is 3. The quantitative estimate of drug-likeness (QED) is 0.0269. The Kier molecular flexibility index (Phi) is 25.7.